The Morgan fingerprint density at radius 3 is 3.11 bits per heavy atom. The second-order valence-electron chi connectivity index (χ2n) is 4.86. The fourth-order valence-electron chi connectivity index (χ4n) is 2.69. The lowest BCUT2D eigenvalue weighted by molar-refractivity contribution is 0.0644. The van der Waals surface area contributed by atoms with Gasteiger partial charge in [-0.2, -0.15) is 0 Å². The summed E-state index contributed by atoms with van der Waals surface area (Å²) in [6.45, 7) is 0.708. The van der Waals surface area contributed by atoms with Crippen molar-refractivity contribution in [2.75, 3.05) is 19.8 Å². The summed E-state index contributed by atoms with van der Waals surface area (Å²) in [6.07, 6.45) is 3.04. The van der Waals surface area contributed by atoms with Gasteiger partial charge in [0.1, 0.15) is 6.61 Å². The van der Waals surface area contributed by atoms with E-state index in [0.29, 0.717) is 5.92 Å². The van der Waals surface area contributed by atoms with Crippen molar-refractivity contribution in [3.63, 3.8) is 0 Å². The molecule has 1 unspecified atom stereocenters. The van der Waals surface area contributed by atoms with E-state index in [4.69, 9.17) is 9.84 Å². The van der Waals surface area contributed by atoms with E-state index in [1.807, 2.05) is 4.90 Å². The van der Waals surface area contributed by atoms with Gasteiger partial charge in [0.15, 0.2) is 0 Å². The zero-order valence-corrected chi connectivity index (χ0v) is 11.0. The predicted octanol–water partition coefficient (Wildman–Crippen LogP) is 2.19. The molecule has 5 heteroatoms. The lowest BCUT2D eigenvalue weighted by Gasteiger charge is -2.35. The number of carbonyl (C=O) groups excluding carboxylic acids is 1. The van der Waals surface area contributed by atoms with Crippen LogP contribution in [0.25, 0.3) is 0 Å². The van der Waals surface area contributed by atoms with Gasteiger partial charge in [-0.25, -0.2) is 4.79 Å². The van der Waals surface area contributed by atoms with Crippen LogP contribution in [0.5, 0.6) is 0 Å². The summed E-state index contributed by atoms with van der Waals surface area (Å²) in [7, 11) is 0. The molecule has 1 aromatic rings. The van der Waals surface area contributed by atoms with Gasteiger partial charge in [0, 0.05) is 11.4 Å². The number of nitrogens with zero attached hydrogens (tertiary/aromatic N) is 1. The normalized spacial score (nSPS) is 22.7. The Balaban J connectivity index is 1.80. The molecule has 0 bridgehead atoms. The molecule has 18 heavy (non-hydrogen) atoms. The van der Waals surface area contributed by atoms with E-state index in [9.17, 15) is 4.79 Å². The Labute approximate surface area is 110 Å². The fourth-order valence-corrected chi connectivity index (χ4v) is 3.60. The van der Waals surface area contributed by atoms with Crippen molar-refractivity contribution in [3.05, 3.63) is 21.9 Å². The van der Waals surface area contributed by atoms with Crippen molar-refractivity contribution in [1.82, 2.24) is 4.90 Å². The van der Waals surface area contributed by atoms with Crippen LogP contribution in [0.2, 0.25) is 0 Å². The number of aliphatic hydroxyl groups excluding tert-OH is 1. The first kappa shape index (κ1) is 12.0. The average molecular weight is 267 g/mol. The molecule has 0 radical (unpaired) electrons. The van der Waals surface area contributed by atoms with E-state index >= 15 is 0 Å². The quantitative estimate of drug-likeness (QED) is 0.913. The monoisotopic (exact) mass is 267 g/mol. The molecular weight excluding hydrogens is 250 g/mol. The minimum atomic E-state index is -0.280. The van der Waals surface area contributed by atoms with Gasteiger partial charge in [-0.15, -0.1) is 11.3 Å². The first-order valence-electron chi connectivity index (χ1n) is 6.42. The van der Waals surface area contributed by atoms with Gasteiger partial charge in [-0.05, 0) is 42.2 Å². The highest BCUT2D eigenvalue weighted by Gasteiger charge is 2.42. The zero-order valence-electron chi connectivity index (χ0n) is 10.2. The second kappa shape index (κ2) is 4.90. The van der Waals surface area contributed by atoms with Crippen molar-refractivity contribution < 1.29 is 14.6 Å². The Kier molecular flexibility index (Phi) is 3.26. The zero-order chi connectivity index (χ0) is 12.5. The van der Waals surface area contributed by atoms with Crippen LogP contribution < -0.4 is 0 Å². The molecule has 1 amide bonds. The molecule has 4 nitrogen and oxygen atoms in total. The van der Waals surface area contributed by atoms with Gasteiger partial charge in [0.05, 0.1) is 12.6 Å². The predicted molar refractivity (Wildman–Crippen MR) is 68.6 cm³/mol. The summed E-state index contributed by atoms with van der Waals surface area (Å²) < 4.78 is 5.07. The maximum atomic E-state index is 12.0. The number of carbonyl (C=O) groups is 1. The maximum Gasteiger partial charge on any atom is 0.410 e. The number of hydrogen-bond acceptors (Lipinski definition) is 4. The molecule has 98 valence electrons. The number of rotatable bonds is 3. The third kappa shape index (κ3) is 2.12. The molecule has 1 aromatic heterocycles. The van der Waals surface area contributed by atoms with E-state index < -0.39 is 0 Å². The molecule has 2 aliphatic rings. The van der Waals surface area contributed by atoms with E-state index in [1.165, 1.54) is 23.3 Å². The van der Waals surface area contributed by atoms with E-state index in [2.05, 4.69) is 11.4 Å². The lowest BCUT2D eigenvalue weighted by Crippen LogP contribution is -2.41. The van der Waals surface area contributed by atoms with E-state index in [-0.39, 0.29) is 25.3 Å². The third-order valence-corrected chi connectivity index (χ3v) is 4.63. The highest BCUT2D eigenvalue weighted by atomic mass is 32.1. The Hall–Kier alpha value is -1.07. The molecule has 1 N–H and O–H groups in total. The number of amides is 1. The lowest BCUT2D eigenvalue weighted by atomic mass is 9.96. The number of hydrogen-bond donors (Lipinski definition) is 1. The minimum absolute atomic E-state index is 0.0865. The van der Waals surface area contributed by atoms with Crippen LogP contribution in [-0.2, 0) is 11.2 Å². The Morgan fingerprint density at radius 1 is 1.56 bits per heavy atom. The molecular formula is C13H17NO3S. The van der Waals surface area contributed by atoms with Crippen LogP contribution >= 0.6 is 11.3 Å². The Bertz CT molecular complexity index is 441. The van der Waals surface area contributed by atoms with Crippen molar-refractivity contribution >= 4 is 17.4 Å². The number of thiophene rings is 1. The van der Waals surface area contributed by atoms with Gasteiger partial charge in [-0.3, -0.25) is 0 Å². The summed E-state index contributed by atoms with van der Waals surface area (Å²) in [6, 6.07) is 2.35. The summed E-state index contributed by atoms with van der Waals surface area (Å²) in [5.74, 6) is 0.598. The molecule has 1 atom stereocenters. The van der Waals surface area contributed by atoms with Crippen molar-refractivity contribution in [3.8, 4) is 0 Å². The topological polar surface area (TPSA) is 49.8 Å². The molecule has 0 saturated heterocycles. The second-order valence-corrected chi connectivity index (χ2v) is 5.86. The summed E-state index contributed by atoms with van der Waals surface area (Å²) in [5.41, 5.74) is 1.31. The minimum Gasteiger partial charge on any atom is -0.447 e. The van der Waals surface area contributed by atoms with E-state index in [0.717, 1.165) is 13.0 Å². The molecule has 1 aliphatic carbocycles. The smallest absolute Gasteiger partial charge is 0.410 e. The third-order valence-electron chi connectivity index (χ3n) is 3.63. The van der Waals surface area contributed by atoms with Crippen LogP contribution in [-0.4, -0.2) is 35.9 Å². The Morgan fingerprint density at radius 2 is 2.39 bits per heavy atom. The van der Waals surface area contributed by atoms with Gasteiger partial charge in [-0.1, -0.05) is 0 Å². The van der Waals surface area contributed by atoms with E-state index in [1.54, 1.807) is 11.3 Å². The highest BCUT2D eigenvalue weighted by molar-refractivity contribution is 7.10. The van der Waals surface area contributed by atoms with Gasteiger partial charge < -0.3 is 14.7 Å². The van der Waals surface area contributed by atoms with Crippen molar-refractivity contribution in [1.29, 1.82) is 0 Å². The molecule has 1 aliphatic heterocycles. The molecule has 1 saturated carbocycles. The van der Waals surface area contributed by atoms with Crippen LogP contribution in [0.3, 0.4) is 0 Å². The number of fused-ring (bicyclic) bond motifs is 1. The van der Waals surface area contributed by atoms with Gasteiger partial charge in [0.2, 0.25) is 0 Å². The highest BCUT2D eigenvalue weighted by Crippen LogP contribution is 2.48. The molecule has 0 aromatic carbocycles. The van der Waals surface area contributed by atoms with Crippen LogP contribution in [0, 0.1) is 5.92 Å². The molecule has 2 heterocycles. The van der Waals surface area contributed by atoms with Crippen molar-refractivity contribution in [2.45, 2.75) is 25.3 Å². The molecule has 1 fully saturated rings. The van der Waals surface area contributed by atoms with Crippen LogP contribution in [0.1, 0.15) is 29.3 Å². The SMILES string of the molecule is O=C(OCCO)N1CCc2sccc2C1C1CC1. The van der Waals surface area contributed by atoms with Gasteiger partial charge in [0.25, 0.3) is 0 Å². The molecule has 3 rings (SSSR count). The standard InChI is InChI=1S/C13H17NO3S/c15-6-7-17-13(16)14-5-3-11-10(4-8-18-11)12(14)9-1-2-9/h4,8-9,12,15H,1-3,5-7H2. The fraction of sp³-hybridized carbons (Fsp3) is 0.615. The average Bonchev–Trinajstić information content (AvgIpc) is 3.11. The van der Waals surface area contributed by atoms with Crippen molar-refractivity contribution in [2.24, 2.45) is 5.92 Å². The summed E-state index contributed by atoms with van der Waals surface area (Å²) in [5, 5.41) is 10.8. The number of ether oxygens (including phenoxy) is 1. The van der Waals surface area contributed by atoms with Crippen LogP contribution in [0.15, 0.2) is 11.4 Å². The number of aliphatic hydroxyl groups is 1. The van der Waals surface area contributed by atoms with Crippen LogP contribution in [0.4, 0.5) is 4.79 Å². The summed E-state index contributed by atoms with van der Waals surface area (Å²) in [4.78, 5) is 15.3. The maximum absolute atomic E-state index is 12.0. The van der Waals surface area contributed by atoms with Gasteiger partial charge >= 0.3 is 6.09 Å². The largest absolute Gasteiger partial charge is 0.447 e. The first-order chi connectivity index (χ1) is 8.81. The molecule has 0 spiro atoms. The first-order valence-corrected chi connectivity index (χ1v) is 7.29. The summed E-state index contributed by atoms with van der Waals surface area (Å²) >= 11 is 1.79.